The van der Waals surface area contributed by atoms with Crippen molar-refractivity contribution in [1.82, 2.24) is 15.5 Å². The highest BCUT2D eigenvalue weighted by atomic mass is 16.5. The maximum atomic E-state index is 12.8. The number of hydrogen-bond acceptors (Lipinski definition) is 7. The van der Waals surface area contributed by atoms with Gasteiger partial charge in [0.05, 0.1) is 6.04 Å². The lowest BCUT2D eigenvalue weighted by Gasteiger charge is -2.27. The van der Waals surface area contributed by atoms with Gasteiger partial charge in [0.25, 0.3) is 0 Å². The molecular weight excluding hydrogens is 502 g/mol. The van der Waals surface area contributed by atoms with Gasteiger partial charge in [-0.25, -0.2) is 4.79 Å². The molecule has 5 N–H and O–H groups in total. The number of carbonyl (C=O) groups is 3. The van der Waals surface area contributed by atoms with Crippen LogP contribution in [0.5, 0.6) is 5.75 Å². The van der Waals surface area contributed by atoms with Crippen molar-refractivity contribution < 1.29 is 34.4 Å². The van der Waals surface area contributed by atoms with E-state index in [4.69, 9.17) is 4.74 Å². The molecule has 1 aliphatic heterocycles. The van der Waals surface area contributed by atoms with Crippen molar-refractivity contribution in [3.8, 4) is 5.75 Å². The van der Waals surface area contributed by atoms with Crippen LogP contribution >= 0.6 is 0 Å². The average Bonchev–Trinajstić information content (AvgIpc) is 3.40. The first kappa shape index (κ1) is 30.3. The highest BCUT2D eigenvalue weighted by Crippen LogP contribution is 2.30. The van der Waals surface area contributed by atoms with Crippen molar-refractivity contribution in [2.24, 2.45) is 0 Å². The Balaban J connectivity index is 1.60. The Morgan fingerprint density at radius 3 is 2.46 bits per heavy atom. The number of aliphatic hydroxyl groups is 1. The van der Waals surface area contributed by atoms with Gasteiger partial charge in [-0.05, 0) is 56.0 Å². The second kappa shape index (κ2) is 14.3. The molecule has 0 aliphatic carbocycles. The van der Waals surface area contributed by atoms with Crippen molar-refractivity contribution >= 4 is 28.6 Å². The largest absolute Gasteiger partial charge is 0.490 e. The summed E-state index contributed by atoms with van der Waals surface area (Å²) in [6, 6.07) is 9.33. The number of ether oxygens (including phenoxy) is 1. The Morgan fingerprint density at radius 2 is 1.79 bits per heavy atom. The van der Waals surface area contributed by atoms with E-state index in [9.17, 15) is 29.7 Å². The highest BCUT2D eigenvalue weighted by molar-refractivity contribution is 5.91. The Morgan fingerprint density at radius 1 is 1.08 bits per heavy atom. The Hall–Kier alpha value is -3.21. The van der Waals surface area contributed by atoms with Crippen LogP contribution in [0.4, 0.5) is 0 Å². The van der Waals surface area contributed by atoms with Crippen LogP contribution in [0.1, 0.15) is 52.0 Å². The van der Waals surface area contributed by atoms with Gasteiger partial charge >= 0.3 is 11.9 Å². The van der Waals surface area contributed by atoms with E-state index in [1.165, 1.54) is 4.90 Å². The summed E-state index contributed by atoms with van der Waals surface area (Å²) in [5.74, 6) is -1.80. The zero-order chi connectivity index (χ0) is 28.5. The standard InChI is InChI=1S/C29H41N3O7/c1-18(2)30-16-21(33)17-39-26-14-13-20(22-9-4-5-10-23(22)26)8-6-11-24(28(35)36)31-19(3)27(34)32-15-7-12-25(32)29(37)38/h4-5,9-10,13-14,18-19,21,24-25,30-31,33H,6-8,11-12,15-17H2,1-3H3,(H,35,36)(H,37,38)/t19-,21?,24?,25-/m0/s1. The van der Waals surface area contributed by atoms with Gasteiger partial charge in [0.15, 0.2) is 0 Å². The fourth-order valence-electron chi connectivity index (χ4n) is 4.98. The van der Waals surface area contributed by atoms with Crippen LogP contribution in [-0.2, 0) is 20.8 Å². The first-order valence-electron chi connectivity index (χ1n) is 13.7. The van der Waals surface area contributed by atoms with E-state index in [2.05, 4.69) is 10.6 Å². The lowest BCUT2D eigenvalue weighted by molar-refractivity contribution is -0.149. The molecule has 1 fully saturated rings. The van der Waals surface area contributed by atoms with Crippen molar-refractivity contribution in [3.63, 3.8) is 0 Å². The zero-order valence-electron chi connectivity index (χ0n) is 22.9. The fourth-order valence-corrected chi connectivity index (χ4v) is 4.98. The number of hydrogen-bond donors (Lipinski definition) is 5. The lowest BCUT2D eigenvalue weighted by atomic mass is 9.98. The maximum Gasteiger partial charge on any atom is 0.326 e. The summed E-state index contributed by atoms with van der Waals surface area (Å²) in [6.07, 6.45) is 1.88. The average molecular weight is 544 g/mol. The number of aliphatic carboxylic acids is 2. The molecule has 2 unspecified atom stereocenters. The number of aryl methyl sites for hydroxylation is 1. The van der Waals surface area contributed by atoms with Gasteiger partial charge in [-0.3, -0.25) is 14.9 Å². The van der Waals surface area contributed by atoms with E-state index in [1.54, 1.807) is 6.92 Å². The van der Waals surface area contributed by atoms with Gasteiger partial charge in [-0.15, -0.1) is 0 Å². The minimum absolute atomic E-state index is 0.163. The van der Waals surface area contributed by atoms with Crippen LogP contribution < -0.4 is 15.4 Å². The molecule has 0 radical (unpaired) electrons. The molecule has 214 valence electrons. The molecule has 0 spiro atoms. The van der Waals surface area contributed by atoms with E-state index in [1.807, 2.05) is 50.2 Å². The van der Waals surface area contributed by atoms with E-state index >= 15 is 0 Å². The molecular formula is C29H41N3O7. The molecule has 0 aromatic heterocycles. The Labute approximate surface area is 229 Å². The van der Waals surface area contributed by atoms with Crippen molar-refractivity contribution in [2.75, 3.05) is 19.7 Å². The number of carbonyl (C=O) groups excluding carboxylic acids is 1. The normalized spacial score (nSPS) is 17.8. The molecule has 10 nitrogen and oxygen atoms in total. The summed E-state index contributed by atoms with van der Waals surface area (Å²) < 4.78 is 5.92. The molecule has 2 aromatic carbocycles. The highest BCUT2D eigenvalue weighted by Gasteiger charge is 2.36. The predicted octanol–water partition coefficient (Wildman–Crippen LogP) is 2.41. The quantitative estimate of drug-likeness (QED) is 0.228. The van der Waals surface area contributed by atoms with Gasteiger partial charge in [0.2, 0.25) is 5.91 Å². The van der Waals surface area contributed by atoms with Crippen LogP contribution in [0.3, 0.4) is 0 Å². The number of likely N-dealkylation sites (tertiary alicyclic amines) is 1. The van der Waals surface area contributed by atoms with Crippen LogP contribution in [0.15, 0.2) is 36.4 Å². The minimum Gasteiger partial charge on any atom is -0.490 e. The number of fused-ring (bicyclic) bond motifs is 1. The summed E-state index contributed by atoms with van der Waals surface area (Å²) >= 11 is 0. The summed E-state index contributed by atoms with van der Waals surface area (Å²) in [7, 11) is 0. The maximum absolute atomic E-state index is 12.8. The molecule has 3 rings (SSSR count). The van der Waals surface area contributed by atoms with E-state index in [0.29, 0.717) is 50.9 Å². The zero-order valence-corrected chi connectivity index (χ0v) is 22.9. The predicted molar refractivity (Wildman–Crippen MR) is 148 cm³/mol. The number of nitrogens with one attached hydrogen (secondary N) is 2. The molecule has 2 aromatic rings. The second-order valence-electron chi connectivity index (χ2n) is 10.5. The number of benzene rings is 2. The number of amides is 1. The van der Waals surface area contributed by atoms with Crippen LogP contribution in [-0.4, -0.2) is 88.0 Å². The van der Waals surface area contributed by atoms with E-state index in [-0.39, 0.29) is 12.6 Å². The first-order valence-corrected chi connectivity index (χ1v) is 13.7. The number of rotatable bonds is 15. The third-order valence-electron chi connectivity index (χ3n) is 7.05. The Bertz CT molecular complexity index is 1140. The van der Waals surface area contributed by atoms with Gasteiger partial charge in [-0.2, -0.15) is 0 Å². The van der Waals surface area contributed by atoms with Crippen LogP contribution in [0.2, 0.25) is 0 Å². The lowest BCUT2D eigenvalue weighted by Crippen LogP contribution is -2.53. The monoisotopic (exact) mass is 543 g/mol. The topological polar surface area (TPSA) is 148 Å². The number of carboxylic acid groups (broad SMARTS) is 2. The number of aliphatic hydroxyl groups excluding tert-OH is 1. The van der Waals surface area contributed by atoms with Crippen molar-refractivity contribution in [2.45, 2.75) is 83.1 Å². The molecule has 1 heterocycles. The van der Waals surface area contributed by atoms with Crippen LogP contribution in [0, 0.1) is 0 Å². The fraction of sp³-hybridized carbons (Fsp3) is 0.552. The molecule has 4 atom stereocenters. The van der Waals surface area contributed by atoms with Crippen molar-refractivity contribution in [3.05, 3.63) is 42.0 Å². The summed E-state index contributed by atoms with van der Waals surface area (Å²) in [6.45, 7) is 6.57. The Kier molecular flexibility index (Phi) is 11.1. The van der Waals surface area contributed by atoms with Gasteiger partial charge < -0.3 is 30.3 Å². The SMILES string of the molecule is CC(C)NCC(O)COc1ccc(CCCC(N[C@@H](C)C(=O)N2CCC[C@H]2C(=O)O)C(=O)O)c2ccccc12. The third-order valence-corrected chi connectivity index (χ3v) is 7.05. The third kappa shape index (κ3) is 8.39. The molecule has 39 heavy (non-hydrogen) atoms. The summed E-state index contributed by atoms with van der Waals surface area (Å²) in [5, 5.41) is 37.3. The smallest absolute Gasteiger partial charge is 0.326 e. The first-order chi connectivity index (χ1) is 18.6. The minimum atomic E-state index is -1.05. The van der Waals surface area contributed by atoms with Gasteiger partial charge in [-0.1, -0.05) is 44.2 Å². The number of carboxylic acids is 2. The molecule has 1 saturated heterocycles. The van der Waals surface area contributed by atoms with E-state index in [0.717, 1.165) is 16.3 Å². The van der Waals surface area contributed by atoms with Gasteiger partial charge in [0, 0.05) is 24.5 Å². The van der Waals surface area contributed by atoms with Gasteiger partial charge in [0.1, 0.15) is 30.5 Å². The molecule has 10 heteroatoms. The molecule has 0 saturated carbocycles. The summed E-state index contributed by atoms with van der Waals surface area (Å²) in [5.41, 5.74) is 1.05. The second-order valence-corrected chi connectivity index (χ2v) is 10.5. The molecule has 1 aliphatic rings. The number of nitrogens with zero attached hydrogens (tertiary/aromatic N) is 1. The van der Waals surface area contributed by atoms with Crippen molar-refractivity contribution in [1.29, 1.82) is 0 Å². The van der Waals surface area contributed by atoms with E-state index < -0.39 is 42.1 Å². The molecule has 0 bridgehead atoms. The molecule has 1 amide bonds. The summed E-state index contributed by atoms with van der Waals surface area (Å²) in [4.78, 5) is 37.5. The van der Waals surface area contributed by atoms with Crippen LogP contribution in [0.25, 0.3) is 10.8 Å².